The molecule has 6 aromatic carbocycles. The van der Waals surface area contributed by atoms with E-state index in [0.717, 1.165) is 6.42 Å². The van der Waals surface area contributed by atoms with Gasteiger partial charge in [0.15, 0.2) is 0 Å². The van der Waals surface area contributed by atoms with Crippen LogP contribution >= 0.6 is 11.3 Å². The molecule has 0 spiro atoms. The molecule has 0 N–H and O–H groups in total. The monoisotopic (exact) mass is 706 g/mol. The van der Waals surface area contributed by atoms with Gasteiger partial charge < -0.3 is 9.80 Å². The van der Waals surface area contributed by atoms with Crippen molar-refractivity contribution in [2.24, 2.45) is 0 Å². The lowest BCUT2D eigenvalue weighted by Gasteiger charge is -2.44. The van der Waals surface area contributed by atoms with Crippen molar-refractivity contribution in [1.82, 2.24) is 0 Å². The number of fused-ring (bicyclic) bond motifs is 6. The van der Waals surface area contributed by atoms with Crippen LogP contribution in [-0.4, -0.2) is 6.71 Å². The van der Waals surface area contributed by atoms with Crippen LogP contribution in [0.15, 0.2) is 121 Å². The Balaban J connectivity index is 1.35. The minimum atomic E-state index is 0.0809. The Kier molecular flexibility index (Phi) is 8.16. The second-order valence-electron chi connectivity index (χ2n) is 16.3. The fourth-order valence-electron chi connectivity index (χ4n) is 8.61. The largest absolute Gasteiger partial charge is 0.311 e. The van der Waals surface area contributed by atoms with E-state index in [0.29, 0.717) is 0 Å². The molecule has 0 unspecified atom stereocenters. The minimum absolute atomic E-state index is 0.0809. The highest BCUT2D eigenvalue weighted by molar-refractivity contribution is 7.33. The summed E-state index contributed by atoms with van der Waals surface area (Å²) in [6, 6.07) is 46.7. The molecule has 0 aliphatic carbocycles. The van der Waals surface area contributed by atoms with E-state index in [-0.39, 0.29) is 12.1 Å². The number of unbranched alkanes of at least 4 members (excludes halogenated alkanes) is 1. The molecule has 53 heavy (non-hydrogen) atoms. The fourth-order valence-corrected chi connectivity index (χ4v) is 9.93. The van der Waals surface area contributed by atoms with Crippen LogP contribution in [0.5, 0.6) is 0 Å². The number of nitrogens with zero attached hydrogens (tertiary/aromatic N) is 2. The summed E-state index contributed by atoms with van der Waals surface area (Å²) in [5, 5.41) is 1.32. The zero-order valence-corrected chi connectivity index (χ0v) is 32.9. The molecule has 9 rings (SSSR count). The van der Waals surface area contributed by atoms with E-state index in [9.17, 15) is 0 Å². The van der Waals surface area contributed by atoms with E-state index in [4.69, 9.17) is 0 Å². The predicted octanol–water partition coefficient (Wildman–Crippen LogP) is 12.2. The smallest absolute Gasteiger partial charge is 0.264 e. The second-order valence-corrected chi connectivity index (χ2v) is 17.4. The first-order valence-corrected chi connectivity index (χ1v) is 20.1. The van der Waals surface area contributed by atoms with Crippen LogP contribution in [0, 0.1) is 20.8 Å². The van der Waals surface area contributed by atoms with Crippen molar-refractivity contribution in [2.45, 2.75) is 73.1 Å². The van der Waals surface area contributed by atoms with Crippen molar-refractivity contribution in [2.75, 3.05) is 9.80 Å². The molecule has 0 saturated heterocycles. The number of benzene rings is 6. The molecule has 2 nitrogen and oxygen atoms in total. The van der Waals surface area contributed by atoms with Crippen LogP contribution in [-0.2, 0) is 11.8 Å². The normalized spacial score (nSPS) is 13.3. The summed E-state index contributed by atoms with van der Waals surface area (Å²) in [6.07, 6.45) is 3.47. The lowest BCUT2D eigenvalue weighted by atomic mass is 9.36. The molecule has 0 radical (unpaired) electrons. The Morgan fingerprint density at radius 2 is 1.34 bits per heavy atom. The third-order valence-corrected chi connectivity index (χ3v) is 12.6. The van der Waals surface area contributed by atoms with Crippen LogP contribution in [0.2, 0.25) is 0 Å². The molecule has 0 atom stereocenters. The number of hydrogen-bond acceptors (Lipinski definition) is 3. The molecule has 0 bridgehead atoms. The predicted molar refractivity (Wildman–Crippen MR) is 233 cm³/mol. The molecule has 0 fully saturated rings. The van der Waals surface area contributed by atoms with E-state index in [1.54, 1.807) is 0 Å². The van der Waals surface area contributed by atoms with Gasteiger partial charge in [0, 0.05) is 43.2 Å². The second kappa shape index (κ2) is 12.8. The third kappa shape index (κ3) is 5.62. The van der Waals surface area contributed by atoms with Gasteiger partial charge >= 0.3 is 0 Å². The average Bonchev–Trinajstić information content (AvgIpc) is 3.53. The fraction of sp³-hybridized carbons (Fsp3) is 0.224. The van der Waals surface area contributed by atoms with Crippen molar-refractivity contribution in [3.8, 4) is 11.1 Å². The zero-order chi connectivity index (χ0) is 36.6. The summed E-state index contributed by atoms with van der Waals surface area (Å²) >= 11 is 1.97. The number of hydrogen-bond donors (Lipinski definition) is 0. The van der Waals surface area contributed by atoms with Crippen molar-refractivity contribution in [3.63, 3.8) is 0 Å². The van der Waals surface area contributed by atoms with Gasteiger partial charge in [0.25, 0.3) is 6.71 Å². The molecule has 0 amide bonds. The quantitative estimate of drug-likeness (QED) is 0.159. The average molecular weight is 707 g/mol. The summed E-state index contributed by atoms with van der Waals surface area (Å²) in [4.78, 5) is 5.17. The first-order chi connectivity index (χ1) is 25.6. The summed E-state index contributed by atoms with van der Waals surface area (Å²) in [6.45, 7) is 16.0. The Bertz CT molecular complexity index is 2520. The lowest BCUT2D eigenvalue weighted by molar-refractivity contribution is 0.590. The summed E-state index contributed by atoms with van der Waals surface area (Å²) < 4.78 is 2.75. The molecule has 2 aliphatic rings. The van der Waals surface area contributed by atoms with Gasteiger partial charge in [-0.05, 0) is 121 Å². The van der Waals surface area contributed by atoms with Crippen LogP contribution < -0.4 is 25.5 Å². The summed E-state index contributed by atoms with van der Waals surface area (Å²) in [5.41, 5.74) is 19.5. The molecule has 4 heteroatoms. The zero-order valence-electron chi connectivity index (χ0n) is 32.0. The van der Waals surface area contributed by atoms with Crippen molar-refractivity contribution in [3.05, 3.63) is 149 Å². The van der Waals surface area contributed by atoms with Crippen molar-refractivity contribution >= 4 is 78.0 Å². The van der Waals surface area contributed by atoms with E-state index < -0.39 is 0 Å². The van der Waals surface area contributed by atoms with E-state index >= 15 is 0 Å². The standard InChI is InChI=1S/C49H47BN2S/c1-8-9-12-34-18-26-41(39(30-34)35-19-15-31(2)16-20-35)52-42-25-17-32(3)27-40(42)50-46-43(28-33(4)29-44(46)52)51(37-23-21-36(22-24-37)49(5,6)7)47-38-13-10-11-14-45(38)53-48(47)50/h10-11,13-30H,8-9,12H2,1-7H3. The molecule has 2 aliphatic heterocycles. The molecule has 3 heterocycles. The number of aryl methyl sites for hydroxylation is 4. The molecular weight excluding hydrogens is 659 g/mol. The maximum absolute atomic E-state index is 2.59. The number of anilines is 6. The highest BCUT2D eigenvalue weighted by Crippen LogP contribution is 2.49. The minimum Gasteiger partial charge on any atom is -0.311 e. The van der Waals surface area contributed by atoms with Crippen molar-refractivity contribution < 1.29 is 0 Å². The molecule has 262 valence electrons. The van der Waals surface area contributed by atoms with Gasteiger partial charge in [0.05, 0.1) is 11.4 Å². The highest BCUT2D eigenvalue weighted by atomic mass is 32.1. The molecule has 0 saturated carbocycles. The SMILES string of the molecule is CCCCc1ccc(N2c3ccc(C)cc3B3c4sc5ccccc5c4N(c4ccc(C(C)(C)C)cc4)c4cc(C)cc2c43)c(-c2ccc(C)cc2)c1. The maximum Gasteiger partial charge on any atom is 0.264 e. The van der Waals surface area contributed by atoms with Gasteiger partial charge in [-0.2, -0.15) is 0 Å². The van der Waals surface area contributed by atoms with Crippen LogP contribution in [0.25, 0.3) is 21.2 Å². The van der Waals surface area contributed by atoms with E-state index in [1.165, 1.54) is 112 Å². The van der Waals surface area contributed by atoms with Gasteiger partial charge in [-0.15, -0.1) is 11.3 Å². The highest BCUT2D eigenvalue weighted by Gasteiger charge is 2.45. The van der Waals surface area contributed by atoms with Crippen LogP contribution in [0.1, 0.15) is 68.4 Å². The van der Waals surface area contributed by atoms with Gasteiger partial charge in [-0.3, -0.25) is 0 Å². The first-order valence-electron chi connectivity index (χ1n) is 19.3. The van der Waals surface area contributed by atoms with Gasteiger partial charge in [-0.25, -0.2) is 0 Å². The van der Waals surface area contributed by atoms with E-state index in [2.05, 4.69) is 180 Å². The van der Waals surface area contributed by atoms with Crippen LogP contribution in [0.4, 0.5) is 34.1 Å². The number of rotatable bonds is 6. The number of thiophene rings is 1. The van der Waals surface area contributed by atoms with Gasteiger partial charge in [0.1, 0.15) is 0 Å². The maximum atomic E-state index is 2.59. The molecule has 1 aromatic heterocycles. The lowest BCUT2D eigenvalue weighted by Crippen LogP contribution is -2.60. The Labute approximate surface area is 319 Å². The van der Waals surface area contributed by atoms with E-state index in [1.807, 2.05) is 11.3 Å². The molecule has 7 aromatic rings. The van der Waals surface area contributed by atoms with Gasteiger partial charge in [-0.1, -0.05) is 118 Å². The summed E-state index contributed by atoms with van der Waals surface area (Å²) in [5.74, 6) is 0. The molecular formula is C49H47BN2S. The Morgan fingerprint density at radius 3 is 2.08 bits per heavy atom. The topological polar surface area (TPSA) is 6.48 Å². The Hall–Kier alpha value is -5.06. The van der Waals surface area contributed by atoms with Crippen LogP contribution in [0.3, 0.4) is 0 Å². The van der Waals surface area contributed by atoms with Gasteiger partial charge in [0.2, 0.25) is 0 Å². The first kappa shape index (κ1) is 33.8. The Morgan fingerprint density at radius 1 is 0.642 bits per heavy atom. The van der Waals surface area contributed by atoms with Crippen molar-refractivity contribution in [1.29, 1.82) is 0 Å². The summed E-state index contributed by atoms with van der Waals surface area (Å²) in [7, 11) is 0. The third-order valence-electron chi connectivity index (χ3n) is 11.3.